The summed E-state index contributed by atoms with van der Waals surface area (Å²) in [5, 5.41) is 19.8. The lowest BCUT2D eigenvalue weighted by Crippen LogP contribution is -2.31. The molecule has 7 heteroatoms. The van der Waals surface area contributed by atoms with Gasteiger partial charge in [-0.3, -0.25) is 5.32 Å². The van der Waals surface area contributed by atoms with Crippen molar-refractivity contribution in [3.63, 3.8) is 0 Å². The lowest BCUT2D eigenvalue weighted by atomic mass is 10.2. The summed E-state index contributed by atoms with van der Waals surface area (Å²) in [7, 11) is 0. The molecule has 0 saturated heterocycles. The number of carbonyl (C=O) groups excluding carboxylic acids is 1. The van der Waals surface area contributed by atoms with Crippen LogP contribution in [0, 0.1) is 6.92 Å². The lowest BCUT2D eigenvalue weighted by molar-refractivity contribution is 0.160. The molecule has 0 aliphatic rings. The zero-order valence-electron chi connectivity index (χ0n) is 13.2. The average molecular weight is 337 g/mol. The molecule has 23 heavy (non-hydrogen) atoms. The molecule has 0 aliphatic carbocycles. The second-order valence-corrected chi connectivity index (χ2v) is 5.73. The van der Waals surface area contributed by atoms with Gasteiger partial charge in [0.05, 0.1) is 11.8 Å². The molecule has 1 aromatic carbocycles. The Morgan fingerprint density at radius 3 is 2.91 bits per heavy atom. The van der Waals surface area contributed by atoms with Gasteiger partial charge in [-0.1, -0.05) is 24.6 Å². The standard InChI is InChI=1S/C16H21ClN4O2/c1-3-14(22)7-8-18-16(23)19-15-9-11(2)21(20-15)13-6-4-5-12(17)10-13/h4-6,9-10,14,22H,3,7-8H2,1-2H3,(H2,18,19,20,23). The van der Waals surface area contributed by atoms with Gasteiger partial charge >= 0.3 is 6.03 Å². The summed E-state index contributed by atoms with van der Waals surface area (Å²) >= 11 is 5.99. The van der Waals surface area contributed by atoms with Crippen LogP contribution in [0.2, 0.25) is 5.02 Å². The van der Waals surface area contributed by atoms with Crippen molar-refractivity contribution in [2.75, 3.05) is 11.9 Å². The molecule has 2 amide bonds. The number of carbonyl (C=O) groups is 1. The zero-order valence-corrected chi connectivity index (χ0v) is 14.0. The second-order valence-electron chi connectivity index (χ2n) is 5.29. The molecular weight excluding hydrogens is 316 g/mol. The lowest BCUT2D eigenvalue weighted by Gasteiger charge is -2.09. The summed E-state index contributed by atoms with van der Waals surface area (Å²) < 4.78 is 1.71. The van der Waals surface area contributed by atoms with Crippen LogP contribution in [0.5, 0.6) is 0 Å². The predicted octanol–water partition coefficient (Wildman–Crippen LogP) is 3.12. The minimum Gasteiger partial charge on any atom is -0.393 e. The molecule has 1 unspecified atom stereocenters. The second kappa shape index (κ2) is 7.99. The van der Waals surface area contributed by atoms with Gasteiger partial charge in [-0.2, -0.15) is 0 Å². The smallest absolute Gasteiger partial charge is 0.320 e. The van der Waals surface area contributed by atoms with Crippen molar-refractivity contribution in [3.05, 3.63) is 41.0 Å². The summed E-state index contributed by atoms with van der Waals surface area (Å²) in [5.41, 5.74) is 1.71. The van der Waals surface area contributed by atoms with E-state index in [1.165, 1.54) is 0 Å². The average Bonchev–Trinajstić information content (AvgIpc) is 2.87. The maximum Gasteiger partial charge on any atom is 0.320 e. The number of amides is 2. The molecule has 0 bridgehead atoms. The molecule has 1 aromatic heterocycles. The van der Waals surface area contributed by atoms with Gasteiger partial charge in [0.25, 0.3) is 0 Å². The number of halogens is 1. The topological polar surface area (TPSA) is 79.2 Å². The highest BCUT2D eigenvalue weighted by molar-refractivity contribution is 6.30. The van der Waals surface area contributed by atoms with Gasteiger partial charge < -0.3 is 10.4 Å². The predicted molar refractivity (Wildman–Crippen MR) is 91.2 cm³/mol. The Kier molecular flexibility index (Phi) is 6.01. The number of benzene rings is 1. The molecule has 1 atom stereocenters. The Morgan fingerprint density at radius 2 is 2.22 bits per heavy atom. The minimum absolute atomic E-state index is 0.343. The monoisotopic (exact) mass is 336 g/mol. The van der Waals surface area contributed by atoms with Gasteiger partial charge in [0.15, 0.2) is 5.82 Å². The van der Waals surface area contributed by atoms with Crippen molar-refractivity contribution < 1.29 is 9.90 Å². The first-order valence-electron chi connectivity index (χ1n) is 7.55. The van der Waals surface area contributed by atoms with Crippen LogP contribution in [0.3, 0.4) is 0 Å². The fraction of sp³-hybridized carbons (Fsp3) is 0.375. The van der Waals surface area contributed by atoms with Gasteiger partial charge in [0, 0.05) is 23.3 Å². The van der Waals surface area contributed by atoms with Crippen molar-refractivity contribution in [3.8, 4) is 5.69 Å². The molecule has 0 spiro atoms. The van der Waals surface area contributed by atoms with Crippen molar-refractivity contribution in [2.45, 2.75) is 32.8 Å². The van der Waals surface area contributed by atoms with Crippen LogP contribution in [0.25, 0.3) is 5.69 Å². The van der Waals surface area contributed by atoms with Crippen LogP contribution in [-0.2, 0) is 0 Å². The number of anilines is 1. The Bertz CT molecular complexity index is 672. The third-order valence-corrected chi connectivity index (χ3v) is 3.65. The van der Waals surface area contributed by atoms with Gasteiger partial charge in [-0.15, -0.1) is 5.10 Å². The van der Waals surface area contributed by atoms with E-state index in [0.29, 0.717) is 30.2 Å². The first-order valence-corrected chi connectivity index (χ1v) is 7.93. The van der Waals surface area contributed by atoms with Crippen molar-refractivity contribution in [2.24, 2.45) is 0 Å². The molecule has 0 saturated carbocycles. The fourth-order valence-corrected chi connectivity index (χ4v) is 2.31. The Balaban J connectivity index is 1.97. The molecule has 2 rings (SSSR count). The third-order valence-electron chi connectivity index (χ3n) is 3.42. The van der Waals surface area contributed by atoms with Gasteiger partial charge in [0.2, 0.25) is 0 Å². The van der Waals surface area contributed by atoms with E-state index in [2.05, 4.69) is 15.7 Å². The van der Waals surface area contributed by atoms with E-state index in [0.717, 1.165) is 11.4 Å². The first kappa shape index (κ1) is 17.3. The summed E-state index contributed by atoms with van der Waals surface area (Å²) in [6.45, 7) is 4.21. The quantitative estimate of drug-likeness (QED) is 0.758. The van der Waals surface area contributed by atoms with E-state index in [1.807, 2.05) is 26.0 Å². The Morgan fingerprint density at radius 1 is 1.43 bits per heavy atom. The summed E-state index contributed by atoms with van der Waals surface area (Å²) in [6, 6.07) is 8.77. The highest BCUT2D eigenvalue weighted by atomic mass is 35.5. The van der Waals surface area contributed by atoms with E-state index in [1.54, 1.807) is 22.9 Å². The highest BCUT2D eigenvalue weighted by Gasteiger charge is 2.10. The summed E-state index contributed by atoms with van der Waals surface area (Å²) in [5.74, 6) is 0.455. The normalized spacial score (nSPS) is 12.0. The number of rotatable bonds is 6. The number of nitrogens with one attached hydrogen (secondary N) is 2. The number of aromatic nitrogens is 2. The van der Waals surface area contributed by atoms with Crippen molar-refractivity contribution >= 4 is 23.4 Å². The van der Waals surface area contributed by atoms with Gasteiger partial charge in [0.1, 0.15) is 0 Å². The number of hydrogen-bond acceptors (Lipinski definition) is 3. The van der Waals surface area contributed by atoms with Gasteiger partial charge in [-0.05, 0) is 38.0 Å². The molecule has 6 nitrogen and oxygen atoms in total. The molecule has 1 heterocycles. The van der Waals surface area contributed by atoms with Crippen LogP contribution < -0.4 is 10.6 Å². The molecule has 2 aromatic rings. The maximum absolute atomic E-state index is 11.8. The Labute approximate surface area is 140 Å². The van der Waals surface area contributed by atoms with Gasteiger partial charge in [-0.25, -0.2) is 9.48 Å². The molecule has 3 N–H and O–H groups in total. The third kappa shape index (κ3) is 4.97. The summed E-state index contributed by atoms with van der Waals surface area (Å²) in [6.07, 6.45) is 0.812. The number of hydrogen-bond donors (Lipinski definition) is 3. The fourth-order valence-electron chi connectivity index (χ4n) is 2.12. The van der Waals surface area contributed by atoms with E-state index in [9.17, 15) is 9.90 Å². The molecule has 0 aliphatic heterocycles. The van der Waals surface area contributed by atoms with Crippen LogP contribution in [-0.4, -0.2) is 33.6 Å². The number of nitrogens with zero attached hydrogens (tertiary/aromatic N) is 2. The van der Waals surface area contributed by atoms with E-state index < -0.39 is 0 Å². The van der Waals surface area contributed by atoms with Crippen LogP contribution in [0.1, 0.15) is 25.5 Å². The van der Waals surface area contributed by atoms with E-state index >= 15 is 0 Å². The Hall–Kier alpha value is -2.05. The number of urea groups is 1. The molecule has 124 valence electrons. The number of aliphatic hydroxyl groups is 1. The molecular formula is C16H21ClN4O2. The van der Waals surface area contributed by atoms with E-state index in [-0.39, 0.29) is 12.1 Å². The van der Waals surface area contributed by atoms with Crippen molar-refractivity contribution in [1.29, 1.82) is 0 Å². The van der Waals surface area contributed by atoms with E-state index in [4.69, 9.17) is 11.6 Å². The number of aliphatic hydroxyl groups excluding tert-OH is 1. The minimum atomic E-state index is -0.389. The summed E-state index contributed by atoms with van der Waals surface area (Å²) in [4.78, 5) is 11.8. The zero-order chi connectivity index (χ0) is 16.8. The highest BCUT2D eigenvalue weighted by Crippen LogP contribution is 2.18. The van der Waals surface area contributed by atoms with Crippen LogP contribution in [0.4, 0.5) is 10.6 Å². The molecule has 0 fully saturated rings. The largest absolute Gasteiger partial charge is 0.393 e. The molecule has 0 radical (unpaired) electrons. The maximum atomic E-state index is 11.8. The van der Waals surface area contributed by atoms with Crippen LogP contribution in [0.15, 0.2) is 30.3 Å². The first-order chi connectivity index (χ1) is 11.0. The van der Waals surface area contributed by atoms with Crippen LogP contribution >= 0.6 is 11.6 Å². The SMILES string of the molecule is CCC(O)CCNC(=O)Nc1cc(C)n(-c2cccc(Cl)c2)n1. The van der Waals surface area contributed by atoms with Crippen molar-refractivity contribution in [1.82, 2.24) is 15.1 Å². The number of aryl methyl sites for hydroxylation is 1.